The number of halogens is 1. The Morgan fingerprint density at radius 1 is 1.56 bits per heavy atom. The van der Waals surface area contributed by atoms with Crippen molar-refractivity contribution in [2.75, 3.05) is 18.9 Å². The van der Waals surface area contributed by atoms with Crippen LogP contribution in [-0.2, 0) is 13.6 Å². The number of alkyl halides is 1. The first-order chi connectivity index (χ1) is 7.65. The van der Waals surface area contributed by atoms with Crippen molar-refractivity contribution < 1.29 is 0 Å². The van der Waals surface area contributed by atoms with Gasteiger partial charge in [0, 0.05) is 37.2 Å². The normalized spacial score (nSPS) is 13.3. The molecular weight excluding hydrogens is 266 g/mol. The quantitative estimate of drug-likeness (QED) is 0.719. The van der Waals surface area contributed by atoms with Crippen LogP contribution in [0.25, 0.3) is 0 Å². The molecule has 0 bridgehead atoms. The highest BCUT2D eigenvalue weighted by atomic mass is 79.9. The molecule has 0 aliphatic heterocycles. The molecular formula is C12H22BrN3. The van der Waals surface area contributed by atoms with Crippen molar-refractivity contribution in [2.45, 2.75) is 26.3 Å². The summed E-state index contributed by atoms with van der Waals surface area (Å²) in [6, 6.07) is 0. The fourth-order valence-corrected chi connectivity index (χ4v) is 2.52. The average molecular weight is 288 g/mol. The van der Waals surface area contributed by atoms with Crippen LogP contribution in [0.5, 0.6) is 0 Å². The minimum absolute atomic E-state index is 0.756. The van der Waals surface area contributed by atoms with Crippen molar-refractivity contribution in [2.24, 2.45) is 13.0 Å². The van der Waals surface area contributed by atoms with Gasteiger partial charge in [-0.2, -0.15) is 5.10 Å². The Morgan fingerprint density at radius 3 is 2.81 bits per heavy atom. The van der Waals surface area contributed by atoms with Crippen LogP contribution in [-0.4, -0.2) is 33.6 Å². The number of rotatable bonds is 7. The summed E-state index contributed by atoms with van der Waals surface area (Å²) in [7, 11) is 4.14. The van der Waals surface area contributed by atoms with Crippen LogP contribution in [0.2, 0.25) is 0 Å². The fraction of sp³-hybridized carbons (Fsp3) is 0.750. The summed E-state index contributed by atoms with van der Waals surface area (Å²) in [5.41, 5.74) is 1.29. The predicted molar refractivity (Wildman–Crippen MR) is 71.7 cm³/mol. The lowest BCUT2D eigenvalue weighted by atomic mass is 10.1. The Morgan fingerprint density at radius 2 is 2.31 bits per heavy atom. The van der Waals surface area contributed by atoms with Gasteiger partial charge in [0.05, 0.1) is 6.20 Å². The molecule has 1 unspecified atom stereocenters. The molecule has 4 heteroatoms. The van der Waals surface area contributed by atoms with E-state index in [0.717, 1.165) is 24.3 Å². The maximum Gasteiger partial charge on any atom is 0.0534 e. The molecule has 0 aromatic carbocycles. The summed E-state index contributed by atoms with van der Waals surface area (Å²) in [5.74, 6) is 0.756. The zero-order valence-corrected chi connectivity index (χ0v) is 12.1. The maximum atomic E-state index is 4.19. The van der Waals surface area contributed by atoms with Crippen molar-refractivity contribution in [1.82, 2.24) is 14.7 Å². The molecule has 0 aliphatic carbocycles. The second kappa shape index (κ2) is 7.07. The van der Waals surface area contributed by atoms with Crippen LogP contribution in [0.1, 0.15) is 25.3 Å². The molecule has 0 N–H and O–H groups in total. The minimum atomic E-state index is 0.756. The maximum absolute atomic E-state index is 4.19. The van der Waals surface area contributed by atoms with Gasteiger partial charge in [-0.3, -0.25) is 4.68 Å². The molecule has 0 radical (unpaired) electrons. The van der Waals surface area contributed by atoms with E-state index >= 15 is 0 Å². The van der Waals surface area contributed by atoms with Crippen LogP contribution in [0, 0.1) is 5.92 Å². The fourth-order valence-electron chi connectivity index (χ4n) is 2.00. The highest BCUT2D eigenvalue weighted by molar-refractivity contribution is 9.09. The molecule has 1 atom stereocenters. The molecule has 0 saturated carbocycles. The smallest absolute Gasteiger partial charge is 0.0534 e. The SMILES string of the molecule is CCCC(CBr)CN(C)Cc1cnn(C)c1. The first-order valence-electron chi connectivity index (χ1n) is 5.87. The Balaban J connectivity index is 2.37. The standard InChI is InChI=1S/C12H22BrN3/c1-4-5-11(6-13)8-15(2)9-12-7-14-16(3)10-12/h7,10-11H,4-6,8-9H2,1-3H3. The minimum Gasteiger partial charge on any atom is -0.302 e. The third-order valence-electron chi connectivity index (χ3n) is 2.70. The van der Waals surface area contributed by atoms with Gasteiger partial charge in [0.15, 0.2) is 0 Å². The van der Waals surface area contributed by atoms with E-state index in [9.17, 15) is 0 Å². The van der Waals surface area contributed by atoms with Gasteiger partial charge < -0.3 is 4.90 Å². The second-order valence-corrected chi connectivity index (χ2v) is 5.18. The summed E-state index contributed by atoms with van der Waals surface area (Å²) >= 11 is 3.59. The molecule has 92 valence electrons. The lowest BCUT2D eigenvalue weighted by Gasteiger charge is -2.21. The van der Waals surface area contributed by atoms with Gasteiger partial charge in [0.2, 0.25) is 0 Å². The first kappa shape index (κ1) is 13.7. The van der Waals surface area contributed by atoms with Crippen LogP contribution >= 0.6 is 15.9 Å². The lowest BCUT2D eigenvalue weighted by molar-refractivity contribution is 0.273. The van der Waals surface area contributed by atoms with Crippen molar-refractivity contribution in [3.05, 3.63) is 18.0 Å². The van der Waals surface area contributed by atoms with Crippen molar-refractivity contribution in [1.29, 1.82) is 0 Å². The summed E-state index contributed by atoms with van der Waals surface area (Å²) in [6.07, 6.45) is 6.58. The third-order valence-corrected chi connectivity index (χ3v) is 3.61. The molecule has 16 heavy (non-hydrogen) atoms. The van der Waals surface area contributed by atoms with Crippen LogP contribution in [0.4, 0.5) is 0 Å². The lowest BCUT2D eigenvalue weighted by Crippen LogP contribution is -2.26. The number of aryl methyl sites for hydroxylation is 1. The Labute approximate surface area is 107 Å². The van der Waals surface area contributed by atoms with Gasteiger partial charge in [-0.05, 0) is 19.4 Å². The molecule has 0 amide bonds. The molecule has 1 aromatic heterocycles. The molecule has 0 fully saturated rings. The Bertz CT molecular complexity index is 298. The summed E-state index contributed by atoms with van der Waals surface area (Å²) in [6.45, 7) is 4.38. The molecule has 0 spiro atoms. The van der Waals surface area contributed by atoms with Crippen LogP contribution in [0.3, 0.4) is 0 Å². The zero-order chi connectivity index (χ0) is 12.0. The highest BCUT2D eigenvalue weighted by Crippen LogP contribution is 2.12. The number of hydrogen-bond donors (Lipinski definition) is 0. The summed E-state index contributed by atoms with van der Waals surface area (Å²) in [4.78, 5) is 2.37. The van der Waals surface area contributed by atoms with Crippen LogP contribution in [0.15, 0.2) is 12.4 Å². The van der Waals surface area contributed by atoms with E-state index in [-0.39, 0.29) is 0 Å². The van der Waals surface area contributed by atoms with E-state index in [1.807, 2.05) is 17.9 Å². The third kappa shape index (κ3) is 4.66. The monoisotopic (exact) mass is 287 g/mol. The van der Waals surface area contributed by atoms with E-state index in [4.69, 9.17) is 0 Å². The van der Waals surface area contributed by atoms with E-state index in [0.29, 0.717) is 0 Å². The Hall–Kier alpha value is -0.350. The molecule has 1 heterocycles. The van der Waals surface area contributed by atoms with E-state index in [1.165, 1.54) is 18.4 Å². The van der Waals surface area contributed by atoms with Gasteiger partial charge in [0.1, 0.15) is 0 Å². The first-order valence-corrected chi connectivity index (χ1v) is 6.99. The number of hydrogen-bond acceptors (Lipinski definition) is 2. The summed E-state index contributed by atoms with van der Waals surface area (Å²) in [5, 5.41) is 5.28. The molecule has 0 aliphatic rings. The van der Waals surface area contributed by atoms with Crippen molar-refractivity contribution in [3.8, 4) is 0 Å². The largest absolute Gasteiger partial charge is 0.302 e. The highest BCUT2D eigenvalue weighted by Gasteiger charge is 2.10. The predicted octanol–water partition coefficient (Wildman–Crippen LogP) is 2.66. The Kier molecular flexibility index (Phi) is 6.06. The van der Waals surface area contributed by atoms with E-state index in [2.05, 4.69) is 46.1 Å². The van der Waals surface area contributed by atoms with Gasteiger partial charge in [-0.25, -0.2) is 0 Å². The second-order valence-electron chi connectivity index (χ2n) is 4.53. The summed E-state index contributed by atoms with van der Waals surface area (Å²) < 4.78 is 1.86. The van der Waals surface area contributed by atoms with Crippen molar-refractivity contribution >= 4 is 15.9 Å². The van der Waals surface area contributed by atoms with Gasteiger partial charge in [-0.1, -0.05) is 29.3 Å². The molecule has 1 aromatic rings. The zero-order valence-electron chi connectivity index (χ0n) is 10.5. The molecule has 1 rings (SSSR count). The van der Waals surface area contributed by atoms with Gasteiger partial charge >= 0.3 is 0 Å². The number of nitrogens with zero attached hydrogens (tertiary/aromatic N) is 3. The van der Waals surface area contributed by atoms with Crippen molar-refractivity contribution in [3.63, 3.8) is 0 Å². The average Bonchev–Trinajstić information content (AvgIpc) is 2.63. The topological polar surface area (TPSA) is 21.1 Å². The molecule has 0 saturated heterocycles. The van der Waals surface area contributed by atoms with Gasteiger partial charge in [0.25, 0.3) is 0 Å². The van der Waals surface area contributed by atoms with Gasteiger partial charge in [-0.15, -0.1) is 0 Å². The van der Waals surface area contributed by atoms with Crippen LogP contribution < -0.4 is 0 Å². The molecule has 3 nitrogen and oxygen atoms in total. The number of aromatic nitrogens is 2. The van der Waals surface area contributed by atoms with E-state index < -0.39 is 0 Å². The van der Waals surface area contributed by atoms with E-state index in [1.54, 1.807) is 0 Å².